The fraction of sp³-hybridized carbons (Fsp3) is 0.190. The second-order valence-corrected chi connectivity index (χ2v) is 7.01. The predicted molar refractivity (Wildman–Crippen MR) is 101 cm³/mol. The highest BCUT2D eigenvalue weighted by molar-refractivity contribution is 6.21. The summed E-state index contributed by atoms with van der Waals surface area (Å²) in [7, 11) is 0. The van der Waals surface area contributed by atoms with Gasteiger partial charge in [0, 0.05) is 13.1 Å². The number of fused-ring (bicyclic) bond motifs is 1. The van der Waals surface area contributed by atoms with Crippen LogP contribution in [0.5, 0.6) is 0 Å². The number of hydrogen-bond donors (Lipinski definition) is 1. The number of amides is 5. The molecule has 1 saturated heterocycles. The minimum absolute atomic E-state index is 0.0883. The van der Waals surface area contributed by atoms with Crippen LogP contribution in [0.2, 0.25) is 0 Å². The maximum absolute atomic E-state index is 13.0. The minimum Gasteiger partial charge on any atom is -0.319 e. The van der Waals surface area contributed by atoms with Crippen LogP contribution in [-0.2, 0) is 10.3 Å². The Kier molecular flexibility index (Phi) is 4.16. The van der Waals surface area contributed by atoms with Gasteiger partial charge in [0.1, 0.15) is 5.54 Å². The highest BCUT2D eigenvalue weighted by Gasteiger charge is 2.49. The number of hydrogen-bond acceptors (Lipinski definition) is 5. The van der Waals surface area contributed by atoms with Gasteiger partial charge in [0.05, 0.1) is 22.8 Å². The van der Waals surface area contributed by atoms with Crippen LogP contribution in [0.4, 0.5) is 4.79 Å². The van der Waals surface area contributed by atoms with Gasteiger partial charge in [0.2, 0.25) is 0 Å². The lowest BCUT2D eigenvalue weighted by atomic mass is 9.91. The molecule has 0 saturated carbocycles. The van der Waals surface area contributed by atoms with E-state index in [0.717, 1.165) is 9.80 Å². The molecule has 0 aromatic heterocycles. The summed E-state index contributed by atoms with van der Waals surface area (Å²) >= 11 is 0. The third-order valence-electron chi connectivity index (χ3n) is 5.29. The Bertz CT molecular complexity index is 1070. The van der Waals surface area contributed by atoms with E-state index in [1.54, 1.807) is 55.5 Å². The number of carbonyl (C=O) groups excluding carboxylic acids is 4. The van der Waals surface area contributed by atoms with E-state index in [1.807, 2.05) is 6.07 Å². The van der Waals surface area contributed by atoms with Crippen molar-refractivity contribution < 1.29 is 19.2 Å². The van der Waals surface area contributed by atoms with Crippen LogP contribution in [-0.4, -0.2) is 46.6 Å². The topological polar surface area (TPSA) is 111 Å². The Morgan fingerprint density at radius 2 is 1.45 bits per heavy atom. The van der Waals surface area contributed by atoms with Crippen molar-refractivity contribution in [3.8, 4) is 6.07 Å². The van der Waals surface area contributed by atoms with Crippen molar-refractivity contribution in [1.29, 1.82) is 5.26 Å². The van der Waals surface area contributed by atoms with Crippen LogP contribution in [0.3, 0.4) is 0 Å². The highest BCUT2D eigenvalue weighted by atomic mass is 16.2. The molecule has 0 bridgehead atoms. The molecule has 8 heteroatoms. The second-order valence-electron chi connectivity index (χ2n) is 7.01. The van der Waals surface area contributed by atoms with Gasteiger partial charge in [-0.3, -0.25) is 24.2 Å². The molecular weight excluding hydrogens is 372 g/mol. The molecule has 1 fully saturated rings. The first kappa shape index (κ1) is 18.4. The molecule has 0 spiro atoms. The summed E-state index contributed by atoms with van der Waals surface area (Å²) in [5.74, 6) is -1.36. The Labute approximate surface area is 166 Å². The third-order valence-corrected chi connectivity index (χ3v) is 5.29. The quantitative estimate of drug-likeness (QED) is 0.632. The van der Waals surface area contributed by atoms with Crippen molar-refractivity contribution in [3.05, 3.63) is 70.8 Å². The second kappa shape index (κ2) is 6.56. The van der Waals surface area contributed by atoms with Crippen LogP contribution in [0.25, 0.3) is 0 Å². The Morgan fingerprint density at radius 3 is 2.00 bits per heavy atom. The molecule has 0 aliphatic carbocycles. The molecule has 2 aliphatic rings. The molecule has 1 unspecified atom stereocenters. The minimum atomic E-state index is -1.28. The van der Waals surface area contributed by atoms with Crippen molar-refractivity contribution >= 4 is 23.8 Å². The van der Waals surface area contributed by atoms with Gasteiger partial charge >= 0.3 is 6.03 Å². The lowest BCUT2D eigenvalue weighted by Gasteiger charge is -2.23. The summed E-state index contributed by atoms with van der Waals surface area (Å²) in [5.41, 5.74) is 0.330. The van der Waals surface area contributed by atoms with Gasteiger partial charge < -0.3 is 5.32 Å². The van der Waals surface area contributed by atoms with Gasteiger partial charge in [-0.15, -0.1) is 0 Å². The average Bonchev–Trinajstić information content (AvgIpc) is 3.11. The molecule has 29 heavy (non-hydrogen) atoms. The molecule has 4 rings (SSSR count). The Morgan fingerprint density at radius 1 is 0.897 bits per heavy atom. The van der Waals surface area contributed by atoms with Crippen LogP contribution in [0, 0.1) is 11.3 Å². The van der Waals surface area contributed by atoms with Gasteiger partial charge in [-0.2, -0.15) is 5.26 Å². The molecule has 1 atom stereocenters. The van der Waals surface area contributed by atoms with Gasteiger partial charge in [-0.05, 0) is 36.8 Å². The SMILES string of the molecule is CC1(c2ccc(C#N)cc2)NC(=O)N(CCN2C(=O)c3ccccc3C2=O)C1=O. The molecule has 144 valence electrons. The summed E-state index contributed by atoms with van der Waals surface area (Å²) in [6.45, 7) is 1.38. The summed E-state index contributed by atoms with van der Waals surface area (Å²) in [5, 5.41) is 11.6. The van der Waals surface area contributed by atoms with Crippen LogP contribution in [0.15, 0.2) is 48.5 Å². The van der Waals surface area contributed by atoms with Crippen molar-refractivity contribution in [1.82, 2.24) is 15.1 Å². The maximum atomic E-state index is 13.0. The maximum Gasteiger partial charge on any atom is 0.325 e. The molecule has 1 N–H and O–H groups in total. The van der Waals surface area contributed by atoms with Gasteiger partial charge in [0.15, 0.2) is 0 Å². The molecule has 2 aromatic carbocycles. The third kappa shape index (κ3) is 2.75. The monoisotopic (exact) mass is 388 g/mol. The summed E-state index contributed by atoms with van der Waals surface area (Å²) in [4.78, 5) is 52.4. The standard InChI is InChI=1S/C21H16N4O4/c1-21(14-8-6-13(12-22)7-9-14)19(28)25(20(29)23-21)11-10-24-17(26)15-4-2-3-5-16(15)18(24)27/h2-9H,10-11H2,1H3,(H,23,29). The van der Waals surface area contributed by atoms with Gasteiger partial charge in [-0.25, -0.2) is 4.79 Å². The van der Waals surface area contributed by atoms with Crippen molar-refractivity contribution in [2.24, 2.45) is 0 Å². The largest absolute Gasteiger partial charge is 0.325 e. The van der Waals surface area contributed by atoms with E-state index < -0.39 is 29.3 Å². The Balaban J connectivity index is 1.51. The number of urea groups is 1. The number of nitriles is 1. The first-order valence-corrected chi connectivity index (χ1v) is 8.97. The van der Waals surface area contributed by atoms with Crippen LogP contribution >= 0.6 is 0 Å². The summed E-state index contributed by atoms with van der Waals surface area (Å²) < 4.78 is 0. The molecule has 8 nitrogen and oxygen atoms in total. The predicted octanol–water partition coefficient (Wildman–Crippen LogP) is 1.62. The van der Waals surface area contributed by atoms with E-state index >= 15 is 0 Å². The average molecular weight is 388 g/mol. The lowest BCUT2D eigenvalue weighted by Crippen LogP contribution is -2.43. The van der Waals surface area contributed by atoms with E-state index in [4.69, 9.17) is 5.26 Å². The molecule has 0 radical (unpaired) electrons. The van der Waals surface area contributed by atoms with Crippen LogP contribution < -0.4 is 5.32 Å². The number of imide groups is 2. The van der Waals surface area contributed by atoms with E-state index in [-0.39, 0.29) is 13.1 Å². The van der Waals surface area contributed by atoms with Gasteiger partial charge in [0.25, 0.3) is 17.7 Å². The van der Waals surface area contributed by atoms with Crippen LogP contribution in [0.1, 0.15) is 38.8 Å². The normalized spacial score (nSPS) is 20.7. The number of benzene rings is 2. The zero-order valence-electron chi connectivity index (χ0n) is 15.5. The zero-order valence-corrected chi connectivity index (χ0v) is 15.5. The molecule has 2 aromatic rings. The summed E-state index contributed by atoms with van der Waals surface area (Å²) in [6.07, 6.45) is 0. The van der Waals surface area contributed by atoms with Gasteiger partial charge in [-0.1, -0.05) is 24.3 Å². The molecule has 5 amide bonds. The summed E-state index contributed by atoms with van der Waals surface area (Å²) in [6, 6.07) is 14.3. The molecular formula is C21H16N4O4. The highest BCUT2D eigenvalue weighted by Crippen LogP contribution is 2.29. The van der Waals surface area contributed by atoms with Crippen molar-refractivity contribution in [3.63, 3.8) is 0 Å². The zero-order chi connectivity index (χ0) is 20.8. The van der Waals surface area contributed by atoms with Crippen molar-refractivity contribution in [2.75, 3.05) is 13.1 Å². The number of nitrogens with one attached hydrogen (secondary N) is 1. The number of nitrogens with zero attached hydrogens (tertiary/aromatic N) is 3. The Hall–Kier alpha value is -3.99. The fourth-order valence-electron chi connectivity index (χ4n) is 3.62. The van der Waals surface area contributed by atoms with E-state index in [1.165, 1.54) is 0 Å². The van der Waals surface area contributed by atoms with E-state index in [9.17, 15) is 19.2 Å². The fourth-order valence-corrected chi connectivity index (χ4v) is 3.62. The van der Waals surface area contributed by atoms with Crippen molar-refractivity contribution in [2.45, 2.75) is 12.5 Å². The lowest BCUT2D eigenvalue weighted by molar-refractivity contribution is -0.131. The number of carbonyl (C=O) groups is 4. The first-order valence-electron chi connectivity index (χ1n) is 8.97. The molecule has 2 aliphatic heterocycles. The van der Waals surface area contributed by atoms with E-state index in [0.29, 0.717) is 22.3 Å². The first-order chi connectivity index (χ1) is 13.9. The van der Waals surface area contributed by atoms with E-state index in [2.05, 4.69) is 5.32 Å². The molecule has 2 heterocycles. The number of rotatable bonds is 4. The smallest absolute Gasteiger partial charge is 0.319 e.